The van der Waals surface area contributed by atoms with Gasteiger partial charge in [-0.15, -0.1) is 11.3 Å². The Labute approximate surface area is 170 Å². The fourth-order valence-electron chi connectivity index (χ4n) is 3.37. The molecule has 1 aliphatic rings. The largest absolute Gasteiger partial charge is 0.297 e. The quantitative estimate of drug-likeness (QED) is 0.366. The number of aromatic nitrogens is 1. The number of carbonyl (C=O) groups is 3. The Kier molecular flexibility index (Phi) is 4.83. The fourth-order valence-corrected chi connectivity index (χ4v) is 4.17. The van der Waals surface area contributed by atoms with Crippen molar-refractivity contribution in [3.8, 4) is 0 Å². The Bertz CT molecular complexity index is 1050. The van der Waals surface area contributed by atoms with Gasteiger partial charge in [-0.2, -0.15) is 0 Å². The molecule has 2 heterocycles. The predicted molar refractivity (Wildman–Crippen MR) is 108 cm³/mol. The van der Waals surface area contributed by atoms with Gasteiger partial charge in [0, 0.05) is 22.2 Å². The van der Waals surface area contributed by atoms with Crippen molar-refractivity contribution in [1.29, 1.82) is 0 Å². The maximum atomic E-state index is 13.2. The van der Waals surface area contributed by atoms with Gasteiger partial charge in [0.05, 0.1) is 6.04 Å². The second-order valence-electron chi connectivity index (χ2n) is 6.56. The number of carbonyl (C=O) groups excluding carboxylic acids is 3. The molecule has 0 bridgehead atoms. The van der Waals surface area contributed by atoms with Gasteiger partial charge in [-0.1, -0.05) is 53.6 Å². The molecular weight excluding hydrogens is 396 g/mol. The highest BCUT2D eigenvalue weighted by molar-refractivity contribution is 7.14. The minimum Gasteiger partial charge on any atom is -0.293 e. The molecule has 1 amide bonds. The van der Waals surface area contributed by atoms with Crippen LogP contribution in [0.2, 0.25) is 5.02 Å². The van der Waals surface area contributed by atoms with E-state index in [4.69, 9.17) is 11.6 Å². The summed E-state index contributed by atoms with van der Waals surface area (Å²) in [6.07, 6.45) is 1.56. The van der Waals surface area contributed by atoms with Crippen LogP contribution in [-0.2, 0) is 9.59 Å². The van der Waals surface area contributed by atoms with Crippen molar-refractivity contribution >= 4 is 45.5 Å². The molecule has 3 aromatic rings. The molecule has 1 fully saturated rings. The van der Waals surface area contributed by atoms with Gasteiger partial charge in [-0.05, 0) is 24.6 Å². The molecule has 2 aromatic carbocycles. The number of amides is 1. The number of hydrogen-bond donors (Lipinski definition) is 0. The average molecular weight is 411 g/mol. The summed E-state index contributed by atoms with van der Waals surface area (Å²) in [6, 6.07) is 13.0. The van der Waals surface area contributed by atoms with Crippen LogP contribution in [0.5, 0.6) is 0 Å². The molecule has 1 aromatic heterocycles. The van der Waals surface area contributed by atoms with Crippen LogP contribution in [0.3, 0.4) is 0 Å². The van der Waals surface area contributed by atoms with Gasteiger partial charge in [-0.3, -0.25) is 19.3 Å². The Hall–Kier alpha value is -2.83. The van der Waals surface area contributed by atoms with E-state index in [-0.39, 0.29) is 5.78 Å². The van der Waals surface area contributed by atoms with Gasteiger partial charge in [0.1, 0.15) is 5.92 Å². The number of Topliss-reactive ketones (excluding diaryl/α,β-unsaturated/α-hetero) is 2. The third kappa shape index (κ3) is 3.15. The topological polar surface area (TPSA) is 67.3 Å². The zero-order valence-corrected chi connectivity index (χ0v) is 16.4. The van der Waals surface area contributed by atoms with E-state index in [0.29, 0.717) is 21.3 Å². The summed E-state index contributed by atoms with van der Waals surface area (Å²) in [5.74, 6) is -2.96. The van der Waals surface area contributed by atoms with Crippen LogP contribution in [0, 0.1) is 12.8 Å². The number of nitrogens with zero attached hydrogens (tertiary/aromatic N) is 2. The van der Waals surface area contributed by atoms with Crippen molar-refractivity contribution in [3.63, 3.8) is 0 Å². The van der Waals surface area contributed by atoms with Gasteiger partial charge < -0.3 is 0 Å². The van der Waals surface area contributed by atoms with E-state index in [0.717, 1.165) is 5.56 Å². The van der Waals surface area contributed by atoms with E-state index in [1.165, 1.54) is 16.2 Å². The number of halogens is 1. The molecule has 0 saturated carbocycles. The third-order valence-electron chi connectivity index (χ3n) is 4.76. The van der Waals surface area contributed by atoms with E-state index < -0.39 is 23.7 Å². The number of ketones is 2. The summed E-state index contributed by atoms with van der Waals surface area (Å²) in [4.78, 5) is 44.5. The minimum atomic E-state index is -1.14. The average Bonchev–Trinajstić information content (AvgIpc) is 3.30. The lowest BCUT2D eigenvalue weighted by atomic mass is 9.86. The fraction of sp³-hybridized carbons (Fsp3) is 0.143. The zero-order valence-electron chi connectivity index (χ0n) is 14.8. The van der Waals surface area contributed by atoms with Gasteiger partial charge >= 0.3 is 0 Å². The Morgan fingerprint density at radius 1 is 1.07 bits per heavy atom. The van der Waals surface area contributed by atoms with Crippen LogP contribution in [-0.4, -0.2) is 22.5 Å². The Morgan fingerprint density at radius 2 is 1.75 bits per heavy atom. The van der Waals surface area contributed by atoms with E-state index in [2.05, 4.69) is 4.98 Å². The first-order valence-electron chi connectivity index (χ1n) is 8.60. The molecule has 5 nitrogen and oxygen atoms in total. The van der Waals surface area contributed by atoms with Crippen LogP contribution in [0.15, 0.2) is 60.1 Å². The lowest BCUT2D eigenvalue weighted by Gasteiger charge is -2.25. The van der Waals surface area contributed by atoms with E-state index in [9.17, 15) is 14.4 Å². The molecule has 28 heavy (non-hydrogen) atoms. The molecule has 2 unspecified atom stereocenters. The molecule has 0 radical (unpaired) electrons. The van der Waals surface area contributed by atoms with Crippen molar-refractivity contribution in [2.45, 2.75) is 13.0 Å². The summed E-state index contributed by atoms with van der Waals surface area (Å²) in [5, 5.41) is 2.64. The molecule has 1 aliphatic heterocycles. The van der Waals surface area contributed by atoms with Crippen LogP contribution in [0.4, 0.5) is 5.13 Å². The summed E-state index contributed by atoms with van der Waals surface area (Å²) in [5.41, 5.74) is 2.06. The molecule has 2 atom stereocenters. The van der Waals surface area contributed by atoms with Crippen molar-refractivity contribution in [3.05, 3.63) is 81.8 Å². The lowest BCUT2D eigenvalue weighted by Crippen LogP contribution is -2.30. The number of benzene rings is 2. The van der Waals surface area contributed by atoms with Crippen molar-refractivity contribution < 1.29 is 14.4 Å². The van der Waals surface area contributed by atoms with Gasteiger partial charge in [-0.25, -0.2) is 4.98 Å². The second kappa shape index (κ2) is 7.30. The molecule has 0 spiro atoms. The predicted octanol–water partition coefficient (Wildman–Crippen LogP) is 4.26. The smallest absolute Gasteiger partial charge is 0.293 e. The normalized spacial score (nSPS) is 19.3. The number of aryl methyl sites for hydroxylation is 1. The number of thiazole rings is 1. The van der Waals surface area contributed by atoms with Gasteiger partial charge in [0.15, 0.2) is 10.9 Å². The van der Waals surface area contributed by atoms with E-state index >= 15 is 0 Å². The maximum absolute atomic E-state index is 13.2. The second-order valence-corrected chi connectivity index (χ2v) is 7.87. The maximum Gasteiger partial charge on any atom is 0.297 e. The van der Waals surface area contributed by atoms with Crippen LogP contribution >= 0.6 is 22.9 Å². The zero-order chi connectivity index (χ0) is 19.8. The molecule has 1 saturated heterocycles. The SMILES string of the molecule is Cc1ccc(C(=O)C2C(=O)C(=O)N(c3nccs3)C2c2ccc(Cl)cc2)cc1. The van der Waals surface area contributed by atoms with Crippen molar-refractivity contribution in [1.82, 2.24) is 4.98 Å². The highest BCUT2D eigenvalue weighted by atomic mass is 35.5. The third-order valence-corrected chi connectivity index (χ3v) is 5.78. The first kappa shape index (κ1) is 18.5. The highest BCUT2D eigenvalue weighted by Crippen LogP contribution is 2.42. The Balaban J connectivity index is 1.83. The minimum absolute atomic E-state index is 0.377. The molecule has 140 valence electrons. The summed E-state index contributed by atoms with van der Waals surface area (Å²) < 4.78 is 0. The summed E-state index contributed by atoms with van der Waals surface area (Å²) >= 11 is 7.24. The van der Waals surface area contributed by atoms with E-state index in [1.54, 1.807) is 48.0 Å². The lowest BCUT2D eigenvalue weighted by molar-refractivity contribution is -0.135. The van der Waals surface area contributed by atoms with Crippen LogP contribution in [0.25, 0.3) is 0 Å². The molecule has 4 rings (SSSR count). The van der Waals surface area contributed by atoms with Crippen LogP contribution < -0.4 is 4.90 Å². The first-order valence-corrected chi connectivity index (χ1v) is 9.86. The summed E-state index contributed by atoms with van der Waals surface area (Å²) in [6.45, 7) is 1.92. The molecular formula is C21H15ClN2O3S. The first-order chi connectivity index (χ1) is 13.5. The van der Waals surface area contributed by atoms with Crippen molar-refractivity contribution in [2.75, 3.05) is 4.90 Å². The van der Waals surface area contributed by atoms with Crippen molar-refractivity contribution in [2.24, 2.45) is 5.92 Å². The highest BCUT2D eigenvalue weighted by Gasteiger charge is 2.53. The Morgan fingerprint density at radius 3 is 2.36 bits per heavy atom. The van der Waals surface area contributed by atoms with E-state index in [1.807, 2.05) is 19.1 Å². The number of hydrogen-bond acceptors (Lipinski definition) is 5. The van der Waals surface area contributed by atoms with Gasteiger partial charge in [0.2, 0.25) is 5.78 Å². The monoisotopic (exact) mass is 410 g/mol. The molecule has 7 heteroatoms. The molecule has 0 aliphatic carbocycles. The standard InChI is InChI=1S/C21H15ClN2O3S/c1-12-2-4-14(5-3-12)18(25)16-17(13-6-8-15(22)9-7-13)24(20(27)19(16)26)21-23-10-11-28-21/h2-11,16-17H,1H3. The van der Waals surface area contributed by atoms with Gasteiger partial charge in [0.25, 0.3) is 5.91 Å². The number of rotatable bonds is 4. The number of anilines is 1. The van der Waals surface area contributed by atoms with Crippen LogP contribution in [0.1, 0.15) is 27.5 Å². The molecule has 0 N–H and O–H groups in total. The summed E-state index contributed by atoms with van der Waals surface area (Å²) in [7, 11) is 0.